The molecule has 154 valence electrons. The van der Waals surface area contributed by atoms with Crippen LogP contribution < -0.4 is 24.6 Å². The molecule has 2 heterocycles. The van der Waals surface area contributed by atoms with Gasteiger partial charge in [0.25, 0.3) is 0 Å². The van der Waals surface area contributed by atoms with Crippen LogP contribution in [0.15, 0.2) is 60.7 Å². The van der Waals surface area contributed by atoms with Gasteiger partial charge in [0, 0.05) is 10.4 Å². The Hall–Kier alpha value is -4.06. The summed E-state index contributed by atoms with van der Waals surface area (Å²) in [6, 6.07) is 16.8. The van der Waals surface area contributed by atoms with Gasteiger partial charge in [-0.05, 0) is 61.4 Å². The predicted octanol–water partition coefficient (Wildman–Crippen LogP) is 2.42. The third kappa shape index (κ3) is 3.22. The molecular weight excluding hydrogens is 396 g/mol. The van der Waals surface area contributed by atoms with Crippen LogP contribution in [-0.4, -0.2) is 23.1 Å². The summed E-state index contributed by atoms with van der Waals surface area (Å²) in [5.41, 5.74) is 2.06. The highest BCUT2D eigenvalue weighted by molar-refractivity contribution is 6.21. The number of carbonyl (C=O) groups excluding carboxylic acids is 2. The van der Waals surface area contributed by atoms with E-state index in [1.54, 1.807) is 48.5 Å². The van der Waals surface area contributed by atoms with Crippen LogP contribution >= 0.6 is 0 Å². The summed E-state index contributed by atoms with van der Waals surface area (Å²) >= 11 is 0. The Labute approximate surface area is 177 Å². The highest BCUT2D eigenvalue weighted by atomic mass is 16.5. The molecule has 0 radical (unpaired) electrons. The summed E-state index contributed by atoms with van der Waals surface area (Å²) in [5.74, 6) is 0.587. The molecule has 0 spiro atoms. The van der Waals surface area contributed by atoms with Gasteiger partial charge in [0.1, 0.15) is 23.0 Å². The molecule has 0 saturated heterocycles. The van der Waals surface area contributed by atoms with Gasteiger partial charge in [0.15, 0.2) is 0 Å². The Morgan fingerprint density at radius 3 is 1.65 bits per heavy atom. The average molecular weight is 414 g/mol. The molecule has 6 heteroatoms. The molecule has 0 fully saturated rings. The van der Waals surface area contributed by atoms with E-state index in [0.717, 1.165) is 0 Å². The first kappa shape index (κ1) is 18.9. The molecule has 0 unspecified atom stereocenters. The maximum Gasteiger partial charge on any atom is 0.344 e. The molecule has 31 heavy (non-hydrogen) atoms. The fourth-order valence-electron chi connectivity index (χ4n) is 3.79. The van der Waals surface area contributed by atoms with Crippen molar-refractivity contribution in [3.05, 3.63) is 82.2 Å². The number of hydrogen-bond acceptors (Lipinski definition) is 6. The van der Waals surface area contributed by atoms with Gasteiger partial charge in [-0.1, -0.05) is 24.3 Å². The Bertz CT molecular complexity index is 1350. The molecule has 2 aliphatic heterocycles. The maximum absolute atomic E-state index is 12.6. The molecule has 0 atom stereocenters. The Balaban J connectivity index is 1.66. The zero-order valence-corrected chi connectivity index (χ0v) is 16.8. The quantitative estimate of drug-likeness (QED) is 0.522. The molecule has 0 saturated carbocycles. The van der Waals surface area contributed by atoms with Crippen molar-refractivity contribution in [2.24, 2.45) is 0 Å². The van der Waals surface area contributed by atoms with Crippen molar-refractivity contribution in [3.8, 4) is 23.0 Å². The van der Waals surface area contributed by atoms with Crippen LogP contribution in [0.5, 0.6) is 23.0 Å². The minimum atomic E-state index is -0.493. The summed E-state index contributed by atoms with van der Waals surface area (Å²) in [7, 11) is 0. The third-order valence-corrected chi connectivity index (χ3v) is 5.10. The third-order valence-electron chi connectivity index (χ3n) is 5.10. The molecular formula is C25H18O6. The van der Waals surface area contributed by atoms with Crippen molar-refractivity contribution >= 4 is 23.1 Å². The monoisotopic (exact) mass is 414 g/mol. The van der Waals surface area contributed by atoms with E-state index in [4.69, 9.17) is 14.2 Å². The predicted molar refractivity (Wildman–Crippen MR) is 112 cm³/mol. The number of ether oxygens (including phenoxy) is 3. The van der Waals surface area contributed by atoms with E-state index in [0.29, 0.717) is 50.0 Å². The zero-order chi connectivity index (χ0) is 21.7. The van der Waals surface area contributed by atoms with Gasteiger partial charge < -0.3 is 19.3 Å². The number of phenols is 1. The van der Waals surface area contributed by atoms with Crippen LogP contribution in [0.25, 0.3) is 11.1 Å². The highest BCUT2D eigenvalue weighted by Gasteiger charge is 2.30. The van der Waals surface area contributed by atoms with Crippen molar-refractivity contribution < 1.29 is 28.9 Å². The molecule has 6 nitrogen and oxygen atoms in total. The molecule has 0 amide bonds. The smallest absolute Gasteiger partial charge is 0.344 e. The van der Waals surface area contributed by atoms with Crippen molar-refractivity contribution in [1.29, 1.82) is 0 Å². The maximum atomic E-state index is 12.6. The minimum Gasteiger partial charge on any atom is -0.508 e. The number of hydrogen-bond donors (Lipinski definition) is 1. The van der Waals surface area contributed by atoms with Crippen LogP contribution in [0.1, 0.15) is 25.0 Å². The average Bonchev–Trinajstić information content (AvgIpc) is 3.21. The molecule has 5 rings (SSSR count). The number of benzene rings is 3. The molecule has 0 aliphatic carbocycles. The van der Waals surface area contributed by atoms with Gasteiger partial charge in [0.2, 0.25) is 0 Å². The lowest BCUT2D eigenvalue weighted by Crippen LogP contribution is -2.11. The van der Waals surface area contributed by atoms with E-state index in [1.807, 2.05) is 13.8 Å². The van der Waals surface area contributed by atoms with Crippen LogP contribution in [-0.2, 0) is 9.59 Å². The largest absolute Gasteiger partial charge is 0.508 e. The van der Waals surface area contributed by atoms with Crippen molar-refractivity contribution in [3.63, 3.8) is 0 Å². The normalized spacial score (nSPS) is 14.4. The van der Waals surface area contributed by atoms with Gasteiger partial charge in [-0.2, -0.15) is 0 Å². The summed E-state index contributed by atoms with van der Waals surface area (Å²) in [4.78, 5) is 25.2. The Kier molecular flexibility index (Phi) is 4.29. The fraction of sp³-hybridized carbons (Fsp3) is 0.120. The first-order valence-corrected chi connectivity index (χ1v) is 9.84. The van der Waals surface area contributed by atoms with Crippen molar-refractivity contribution in [1.82, 2.24) is 0 Å². The van der Waals surface area contributed by atoms with E-state index in [-0.39, 0.29) is 11.9 Å². The molecule has 3 aromatic carbocycles. The van der Waals surface area contributed by atoms with Crippen LogP contribution in [0.2, 0.25) is 0 Å². The molecule has 3 aromatic rings. The summed E-state index contributed by atoms with van der Waals surface area (Å²) in [6.45, 7) is 3.89. The highest BCUT2D eigenvalue weighted by Crippen LogP contribution is 2.28. The van der Waals surface area contributed by atoms with E-state index < -0.39 is 11.9 Å². The number of fused-ring (bicyclic) bond motifs is 2. The summed E-state index contributed by atoms with van der Waals surface area (Å²) < 4.78 is 16.6. The molecule has 1 N–H and O–H groups in total. The second kappa shape index (κ2) is 7.02. The zero-order valence-electron chi connectivity index (χ0n) is 16.8. The van der Waals surface area contributed by atoms with Crippen LogP contribution in [0.4, 0.5) is 0 Å². The second-order valence-corrected chi connectivity index (χ2v) is 7.61. The van der Waals surface area contributed by atoms with Crippen molar-refractivity contribution in [2.45, 2.75) is 20.0 Å². The van der Waals surface area contributed by atoms with Gasteiger partial charge in [-0.25, -0.2) is 9.59 Å². The van der Waals surface area contributed by atoms with E-state index in [2.05, 4.69) is 0 Å². The van der Waals surface area contributed by atoms with E-state index in [1.165, 1.54) is 12.1 Å². The number of esters is 2. The SMILES string of the molecule is CC(C)Oc1ccc(C2=c3cc4c(cc3OC2=O)=C(c2ccc(O)cc2)C(=O)O4)cc1. The number of aromatic hydroxyl groups is 1. The van der Waals surface area contributed by atoms with Crippen LogP contribution in [0, 0.1) is 0 Å². The first-order valence-electron chi connectivity index (χ1n) is 9.84. The van der Waals surface area contributed by atoms with Crippen LogP contribution in [0.3, 0.4) is 0 Å². The molecule has 0 aromatic heterocycles. The number of carbonyl (C=O) groups is 2. The first-order chi connectivity index (χ1) is 14.9. The Morgan fingerprint density at radius 2 is 1.19 bits per heavy atom. The topological polar surface area (TPSA) is 82.1 Å². The Morgan fingerprint density at radius 1 is 0.742 bits per heavy atom. The second-order valence-electron chi connectivity index (χ2n) is 7.61. The van der Waals surface area contributed by atoms with Gasteiger partial charge in [0.05, 0.1) is 17.3 Å². The summed E-state index contributed by atoms with van der Waals surface area (Å²) in [5, 5.41) is 10.6. The lowest BCUT2D eigenvalue weighted by Gasteiger charge is -2.09. The lowest BCUT2D eigenvalue weighted by atomic mass is 10.0. The molecule has 0 bridgehead atoms. The number of phenolic OH excluding ortho intramolecular Hbond substituents is 1. The van der Waals surface area contributed by atoms with Gasteiger partial charge in [-0.3, -0.25) is 0 Å². The van der Waals surface area contributed by atoms with E-state index >= 15 is 0 Å². The molecule has 2 aliphatic rings. The van der Waals surface area contributed by atoms with Crippen molar-refractivity contribution in [2.75, 3.05) is 0 Å². The van der Waals surface area contributed by atoms with E-state index in [9.17, 15) is 14.7 Å². The van der Waals surface area contributed by atoms with Gasteiger partial charge in [-0.15, -0.1) is 0 Å². The summed E-state index contributed by atoms with van der Waals surface area (Å²) in [6.07, 6.45) is 0.0481. The van der Waals surface area contributed by atoms with Gasteiger partial charge >= 0.3 is 11.9 Å². The lowest BCUT2D eigenvalue weighted by molar-refractivity contribution is -0.128. The standard InChI is InChI=1S/C25H18O6/c1-13(2)29-17-9-5-15(6-10-17)23-19-12-20-18(11-21(19)31-25(23)28)22(24(27)30-20)14-3-7-16(26)8-4-14/h3-13,26H,1-2H3. The fourth-order valence-corrected chi connectivity index (χ4v) is 3.79. The number of rotatable bonds is 4. The minimum absolute atomic E-state index is 0.0481.